The molecule has 0 aromatic heterocycles. The Morgan fingerprint density at radius 1 is 1.18 bits per heavy atom. The van der Waals surface area contributed by atoms with Gasteiger partial charge < -0.3 is 0 Å². The van der Waals surface area contributed by atoms with Crippen LogP contribution in [0.3, 0.4) is 0 Å². The number of hydrogen-bond acceptors (Lipinski definition) is 1. The Bertz CT molecular complexity index is 389. The Kier molecular flexibility index (Phi) is 3.72. The summed E-state index contributed by atoms with van der Waals surface area (Å²) < 4.78 is 0. The molecular weight excluding hydrogens is 253 g/mol. The highest BCUT2D eigenvalue weighted by Gasteiger charge is 2.35. The van der Waals surface area contributed by atoms with Crippen LogP contribution in [0, 0.1) is 0 Å². The minimum absolute atomic E-state index is 0.156. The molecule has 1 fully saturated rings. The van der Waals surface area contributed by atoms with Crippen molar-refractivity contribution in [3.8, 4) is 0 Å². The quantitative estimate of drug-likeness (QED) is 0.700. The molecule has 0 spiro atoms. The summed E-state index contributed by atoms with van der Waals surface area (Å²) in [7, 11) is 0. The summed E-state index contributed by atoms with van der Waals surface area (Å²) in [6.45, 7) is 7.86. The molecule has 1 aromatic rings. The third kappa shape index (κ3) is 2.62. The summed E-state index contributed by atoms with van der Waals surface area (Å²) in [6.07, 6.45) is 2.35. The lowest BCUT2D eigenvalue weighted by atomic mass is 9.99. The summed E-state index contributed by atoms with van der Waals surface area (Å²) >= 11 is 12.6. The molecule has 1 atom stereocenters. The summed E-state index contributed by atoms with van der Waals surface area (Å²) in [5.74, 6) is 0. The smallest absolute Gasteiger partial charge is 0.0468 e. The highest BCUT2D eigenvalue weighted by molar-refractivity contribution is 6.36. The molecule has 94 valence electrons. The van der Waals surface area contributed by atoms with Crippen LogP contribution in [0.5, 0.6) is 0 Å². The molecular formula is C14H19Cl2N. The topological polar surface area (TPSA) is 3.24 Å². The van der Waals surface area contributed by atoms with Crippen molar-refractivity contribution in [1.82, 2.24) is 4.90 Å². The lowest BCUT2D eigenvalue weighted by Gasteiger charge is -2.37. The largest absolute Gasteiger partial charge is 0.291 e. The summed E-state index contributed by atoms with van der Waals surface area (Å²) in [6, 6.07) is 6.13. The van der Waals surface area contributed by atoms with Crippen molar-refractivity contribution in [2.45, 2.75) is 45.2 Å². The van der Waals surface area contributed by atoms with E-state index in [-0.39, 0.29) is 5.54 Å². The number of rotatable bonds is 1. The zero-order chi connectivity index (χ0) is 12.6. The van der Waals surface area contributed by atoms with E-state index in [1.807, 2.05) is 18.2 Å². The SMILES string of the molecule is CC(C)(C)N1CCCC1c1c(Cl)cccc1Cl. The van der Waals surface area contributed by atoms with Gasteiger partial charge in [-0.1, -0.05) is 29.3 Å². The third-order valence-corrected chi connectivity index (χ3v) is 4.11. The second-order valence-electron chi connectivity index (χ2n) is 5.66. The molecule has 2 rings (SSSR count). The van der Waals surface area contributed by atoms with Gasteiger partial charge in [0.1, 0.15) is 0 Å². The van der Waals surface area contributed by atoms with Crippen molar-refractivity contribution in [1.29, 1.82) is 0 Å². The predicted molar refractivity (Wildman–Crippen MR) is 74.9 cm³/mol. The molecule has 0 bridgehead atoms. The van der Waals surface area contributed by atoms with Crippen molar-refractivity contribution in [3.05, 3.63) is 33.8 Å². The van der Waals surface area contributed by atoms with Crippen LogP contribution < -0.4 is 0 Å². The van der Waals surface area contributed by atoms with Gasteiger partial charge in [0.15, 0.2) is 0 Å². The van der Waals surface area contributed by atoms with E-state index in [0.29, 0.717) is 6.04 Å². The lowest BCUT2D eigenvalue weighted by Crippen LogP contribution is -2.40. The maximum Gasteiger partial charge on any atom is 0.0468 e. The van der Waals surface area contributed by atoms with Crippen LogP contribution in [-0.2, 0) is 0 Å². The Morgan fingerprint density at radius 2 is 1.76 bits per heavy atom. The Balaban J connectivity index is 2.39. The molecule has 0 saturated carbocycles. The maximum atomic E-state index is 6.31. The van der Waals surface area contributed by atoms with Gasteiger partial charge in [-0.25, -0.2) is 0 Å². The van der Waals surface area contributed by atoms with E-state index in [1.165, 1.54) is 6.42 Å². The van der Waals surface area contributed by atoms with Gasteiger partial charge in [-0.05, 0) is 52.3 Å². The second kappa shape index (κ2) is 4.79. The van der Waals surface area contributed by atoms with E-state index in [1.54, 1.807) is 0 Å². The van der Waals surface area contributed by atoms with E-state index < -0.39 is 0 Å². The molecule has 1 unspecified atom stereocenters. The van der Waals surface area contributed by atoms with Crippen molar-refractivity contribution in [3.63, 3.8) is 0 Å². The van der Waals surface area contributed by atoms with Crippen molar-refractivity contribution in [2.24, 2.45) is 0 Å². The van der Waals surface area contributed by atoms with Gasteiger partial charge in [0.2, 0.25) is 0 Å². The van der Waals surface area contributed by atoms with Crippen LogP contribution >= 0.6 is 23.2 Å². The monoisotopic (exact) mass is 271 g/mol. The van der Waals surface area contributed by atoms with Gasteiger partial charge in [-0.15, -0.1) is 0 Å². The Morgan fingerprint density at radius 3 is 2.29 bits per heavy atom. The Labute approximate surface area is 114 Å². The first-order valence-electron chi connectivity index (χ1n) is 6.12. The summed E-state index contributed by atoms with van der Waals surface area (Å²) in [5.41, 5.74) is 1.26. The van der Waals surface area contributed by atoms with Crippen LogP contribution in [-0.4, -0.2) is 17.0 Å². The summed E-state index contributed by atoms with van der Waals surface area (Å²) in [4.78, 5) is 2.50. The molecule has 1 aromatic carbocycles. The lowest BCUT2D eigenvalue weighted by molar-refractivity contribution is 0.122. The molecule has 1 nitrogen and oxygen atoms in total. The first-order valence-corrected chi connectivity index (χ1v) is 6.87. The van der Waals surface area contributed by atoms with Gasteiger partial charge in [-0.3, -0.25) is 4.90 Å². The number of likely N-dealkylation sites (tertiary alicyclic amines) is 1. The number of halogens is 2. The first-order chi connectivity index (χ1) is 7.91. The zero-order valence-corrected chi connectivity index (χ0v) is 12.1. The van der Waals surface area contributed by atoms with E-state index >= 15 is 0 Å². The van der Waals surface area contributed by atoms with Crippen LogP contribution in [0.25, 0.3) is 0 Å². The number of hydrogen-bond donors (Lipinski definition) is 0. The fourth-order valence-electron chi connectivity index (χ4n) is 2.70. The zero-order valence-electron chi connectivity index (χ0n) is 10.6. The molecule has 1 aliphatic rings. The predicted octanol–water partition coefficient (Wildman–Crippen LogP) is 4.93. The standard InChI is InChI=1S/C14H19Cl2N/c1-14(2,3)17-9-5-8-12(17)13-10(15)6-4-7-11(13)16/h4,6-7,12H,5,8-9H2,1-3H3. The fraction of sp³-hybridized carbons (Fsp3) is 0.571. The van der Waals surface area contributed by atoms with E-state index in [9.17, 15) is 0 Å². The van der Waals surface area contributed by atoms with E-state index in [0.717, 1.165) is 28.6 Å². The van der Waals surface area contributed by atoms with E-state index in [4.69, 9.17) is 23.2 Å². The minimum atomic E-state index is 0.156. The molecule has 1 heterocycles. The normalized spacial score (nSPS) is 22.1. The van der Waals surface area contributed by atoms with Crippen LogP contribution in [0.15, 0.2) is 18.2 Å². The van der Waals surface area contributed by atoms with Gasteiger partial charge in [0.05, 0.1) is 0 Å². The van der Waals surface area contributed by atoms with Gasteiger partial charge in [0.25, 0.3) is 0 Å². The molecule has 0 N–H and O–H groups in total. The van der Waals surface area contributed by atoms with Gasteiger partial charge in [-0.2, -0.15) is 0 Å². The summed E-state index contributed by atoms with van der Waals surface area (Å²) in [5, 5.41) is 1.58. The van der Waals surface area contributed by atoms with Crippen molar-refractivity contribution in [2.75, 3.05) is 6.54 Å². The van der Waals surface area contributed by atoms with Crippen LogP contribution in [0.1, 0.15) is 45.2 Å². The third-order valence-electron chi connectivity index (χ3n) is 3.45. The van der Waals surface area contributed by atoms with Crippen molar-refractivity contribution >= 4 is 23.2 Å². The number of benzene rings is 1. The fourth-order valence-corrected chi connectivity index (χ4v) is 3.35. The molecule has 1 saturated heterocycles. The first kappa shape index (κ1) is 13.2. The second-order valence-corrected chi connectivity index (χ2v) is 6.47. The molecule has 3 heteroatoms. The molecule has 0 radical (unpaired) electrons. The van der Waals surface area contributed by atoms with Crippen LogP contribution in [0.2, 0.25) is 10.0 Å². The Hall–Kier alpha value is -0.240. The van der Waals surface area contributed by atoms with Gasteiger partial charge >= 0.3 is 0 Å². The molecule has 0 amide bonds. The average Bonchev–Trinajstić information content (AvgIpc) is 2.65. The van der Waals surface area contributed by atoms with E-state index in [2.05, 4.69) is 25.7 Å². The number of nitrogens with zero attached hydrogens (tertiary/aromatic N) is 1. The molecule has 17 heavy (non-hydrogen) atoms. The molecule has 1 aliphatic heterocycles. The van der Waals surface area contributed by atoms with Gasteiger partial charge in [0, 0.05) is 27.2 Å². The van der Waals surface area contributed by atoms with Crippen LogP contribution in [0.4, 0.5) is 0 Å². The average molecular weight is 272 g/mol. The van der Waals surface area contributed by atoms with Crippen molar-refractivity contribution < 1.29 is 0 Å². The maximum absolute atomic E-state index is 6.31. The highest BCUT2D eigenvalue weighted by Crippen LogP contribution is 2.42. The highest BCUT2D eigenvalue weighted by atomic mass is 35.5. The minimum Gasteiger partial charge on any atom is -0.291 e. The molecule has 0 aliphatic carbocycles.